The molecule has 0 amide bonds. The van der Waals surface area contributed by atoms with Crippen molar-refractivity contribution in [3.8, 4) is 0 Å². The molecule has 0 bridgehead atoms. The number of halogens is 1. The lowest BCUT2D eigenvalue weighted by Crippen LogP contribution is -2.17. The minimum atomic E-state index is -0.164. The average Bonchev–Trinajstić information content (AvgIpc) is 1.97. The molecule has 0 radical (unpaired) electrons. The van der Waals surface area contributed by atoms with E-state index in [2.05, 4.69) is 29.5 Å². The van der Waals surface area contributed by atoms with Crippen molar-refractivity contribution in [2.75, 3.05) is 4.43 Å². The number of unbranched alkanes of at least 4 members (excludes halogenated alkanes) is 1. The van der Waals surface area contributed by atoms with E-state index in [4.69, 9.17) is 4.74 Å². The van der Waals surface area contributed by atoms with Gasteiger partial charge in [-0.3, -0.25) is 4.79 Å². The van der Waals surface area contributed by atoms with Crippen molar-refractivity contribution >= 4 is 28.6 Å². The molecule has 3 heteroatoms. The summed E-state index contributed by atoms with van der Waals surface area (Å²) in [5, 5.41) is 0. The van der Waals surface area contributed by atoms with E-state index in [1.165, 1.54) is 6.92 Å². The Bertz CT molecular complexity index is 115. The largest absolute Gasteiger partial charge is 0.462 e. The van der Waals surface area contributed by atoms with E-state index < -0.39 is 0 Å². The average molecular weight is 270 g/mol. The van der Waals surface area contributed by atoms with Crippen LogP contribution in [0.2, 0.25) is 0 Å². The van der Waals surface area contributed by atoms with Gasteiger partial charge in [-0.2, -0.15) is 0 Å². The maximum Gasteiger partial charge on any atom is 0.302 e. The molecule has 0 saturated carbocycles. The Labute approximate surface area is 81.8 Å². The summed E-state index contributed by atoms with van der Waals surface area (Å²) in [7, 11) is 0. The Balaban J connectivity index is 3.49. The van der Waals surface area contributed by atoms with Gasteiger partial charge in [-0.15, -0.1) is 0 Å². The molecule has 0 spiro atoms. The Kier molecular flexibility index (Phi) is 7.01. The molecular weight excluding hydrogens is 255 g/mol. The van der Waals surface area contributed by atoms with Gasteiger partial charge in [-0.05, 0) is 6.42 Å². The summed E-state index contributed by atoms with van der Waals surface area (Å²) in [6.45, 7) is 3.60. The smallest absolute Gasteiger partial charge is 0.302 e. The van der Waals surface area contributed by atoms with Gasteiger partial charge in [0.1, 0.15) is 6.10 Å². The SMILES string of the molecule is CCCCC(CI)OC(C)=O. The van der Waals surface area contributed by atoms with E-state index in [1.54, 1.807) is 0 Å². The van der Waals surface area contributed by atoms with Gasteiger partial charge in [0.05, 0.1) is 0 Å². The van der Waals surface area contributed by atoms with Gasteiger partial charge in [0.15, 0.2) is 0 Å². The summed E-state index contributed by atoms with van der Waals surface area (Å²) in [6.07, 6.45) is 3.43. The first-order valence-corrected chi connectivity index (χ1v) is 5.46. The van der Waals surface area contributed by atoms with Crippen molar-refractivity contribution < 1.29 is 9.53 Å². The molecule has 0 fully saturated rings. The highest BCUT2D eigenvalue weighted by Gasteiger charge is 2.08. The molecule has 0 saturated heterocycles. The van der Waals surface area contributed by atoms with Crippen LogP contribution in [0.1, 0.15) is 33.1 Å². The predicted molar refractivity (Wildman–Crippen MR) is 54.0 cm³/mol. The van der Waals surface area contributed by atoms with Crippen LogP contribution < -0.4 is 0 Å². The first kappa shape index (κ1) is 11.2. The van der Waals surface area contributed by atoms with Gasteiger partial charge in [0, 0.05) is 11.4 Å². The minimum Gasteiger partial charge on any atom is -0.462 e. The highest BCUT2D eigenvalue weighted by atomic mass is 127. The fourth-order valence-electron chi connectivity index (χ4n) is 0.834. The van der Waals surface area contributed by atoms with Crippen LogP contribution in [0.15, 0.2) is 0 Å². The van der Waals surface area contributed by atoms with Crippen LogP contribution in [-0.2, 0) is 9.53 Å². The van der Waals surface area contributed by atoms with Gasteiger partial charge < -0.3 is 4.74 Å². The zero-order valence-corrected chi connectivity index (χ0v) is 9.26. The molecule has 0 aliphatic carbocycles. The Morgan fingerprint density at radius 1 is 1.64 bits per heavy atom. The molecule has 2 nitrogen and oxygen atoms in total. The molecule has 0 aliphatic heterocycles. The standard InChI is InChI=1S/C8H15IO2/c1-3-4-5-8(6-9)11-7(2)10/h8H,3-6H2,1-2H3. The first-order valence-electron chi connectivity index (χ1n) is 3.93. The predicted octanol–water partition coefficient (Wildman–Crippen LogP) is 2.54. The molecule has 0 heterocycles. The van der Waals surface area contributed by atoms with Crippen molar-refractivity contribution in [3.05, 3.63) is 0 Å². The third kappa shape index (κ3) is 6.59. The second-order valence-electron chi connectivity index (χ2n) is 2.53. The molecule has 1 atom stereocenters. The quantitative estimate of drug-likeness (QED) is 0.436. The van der Waals surface area contributed by atoms with Gasteiger partial charge in [0.2, 0.25) is 0 Å². The zero-order valence-electron chi connectivity index (χ0n) is 7.10. The lowest BCUT2D eigenvalue weighted by Gasteiger charge is -2.12. The molecular formula is C8H15IO2. The third-order valence-electron chi connectivity index (χ3n) is 1.38. The first-order chi connectivity index (χ1) is 5.20. The van der Waals surface area contributed by atoms with Crippen molar-refractivity contribution in [2.45, 2.75) is 39.2 Å². The van der Waals surface area contributed by atoms with Crippen LogP contribution >= 0.6 is 22.6 Å². The lowest BCUT2D eigenvalue weighted by molar-refractivity contribution is -0.145. The highest BCUT2D eigenvalue weighted by molar-refractivity contribution is 14.1. The lowest BCUT2D eigenvalue weighted by atomic mass is 10.2. The number of carbonyl (C=O) groups excluding carboxylic acids is 1. The van der Waals surface area contributed by atoms with Crippen molar-refractivity contribution in [3.63, 3.8) is 0 Å². The summed E-state index contributed by atoms with van der Waals surface area (Å²) in [4.78, 5) is 10.6. The molecule has 66 valence electrons. The van der Waals surface area contributed by atoms with Gasteiger partial charge in [-0.25, -0.2) is 0 Å². The van der Waals surface area contributed by atoms with E-state index >= 15 is 0 Å². The Morgan fingerprint density at radius 2 is 2.27 bits per heavy atom. The molecule has 0 aromatic rings. The number of hydrogen-bond acceptors (Lipinski definition) is 2. The second-order valence-corrected chi connectivity index (χ2v) is 3.41. The molecule has 0 aliphatic rings. The number of esters is 1. The molecule has 0 N–H and O–H groups in total. The summed E-state index contributed by atoms with van der Waals surface area (Å²) < 4.78 is 5.96. The number of hydrogen-bond donors (Lipinski definition) is 0. The fraction of sp³-hybridized carbons (Fsp3) is 0.875. The van der Waals surface area contributed by atoms with E-state index in [0.717, 1.165) is 23.7 Å². The summed E-state index contributed by atoms with van der Waals surface area (Å²) >= 11 is 2.25. The van der Waals surface area contributed by atoms with Gasteiger partial charge in [0.25, 0.3) is 0 Å². The number of rotatable bonds is 5. The maximum atomic E-state index is 10.6. The third-order valence-corrected chi connectivity index (χ3v) is 2.37. The van der Waals surface area contributed by atoms with Crippen molar-refractivity contribution in [1.82, 2.24) is 0 Å². The minimum absolute atomic E-state index is 0.132. The van der Waals surface area contributed by atoms with Crippen molar-refractivity contribution in [2.24, 2.45) is 0 Å². The Morgan fingerprint density at radius 3 is 2.64 bits per heavy atom. The van der Waals surface area contributed by atoms with Crippen LogP contribution in [0.25, 0.3) is 0 Å². The van der Waals surface area contributed by atoms with E-state index in [0.29, 0.717) is 0 Å². The fourth-order valence-corrected chi connectivity index (χ4v) is 1.45. The summed E-state index contributed by atoms with van der Waals surface area (Å²) in [6, 6.07) is 0. The summed E-state index contributed by atoms with van der Waals surface area (Å²) in [5.41, 5.74) is 0. The zero-order chi connectivity index (χ0) is 8.69. The van der Waals surface area contributed by atoms with Crippen LogP contribution in [0.4, 0.5) is 0 Å². The van der Waals surface area contributed by atoms with Crippen LogP contribution in [0.3, 0.4) is 0 Å². The van der Waals surface area contributed by atoms with Crippen LogP contribution in [0.5, 0.6) is 0 Å². The highest BCUT2D eigenvalue weighted by Crippen LogP contribution is 2.07. The van der Waals surface area contributed by atoms with E-state index in [9.17, 15) is 4.79 Å². The molecule has 0 rings (SSSR count). The van der Waals surface area contributed by atoms with Gasteiger partial charge in [-0.1, -0.05) is 42.4 Å². The van der Waals surface area contributed by atoms with E-state index in [-0.39, 0.29) is 12.1 Å². The number of carbonyl (C=O) groups is 1. The normalized spacial score (nSPS) is 12.6. The van der Waals surface area contributed by atoms with Gasteiger partial charge >= 0.3 is 5.97 Å². The molecule has 1 unspecified atom stereocenters. The monoisotopic (exact) mass is 270 g/mol. The van der Waals surface area contributed by atoms with Crippen LogP contribution in [0, 0.1) is 0 Å². The molecule has 0 aromatic heterocycles. The van der Waals surface area contributed by atoms with Crippen LogP contribution in [-0.4, -0.2) is 16.5 Å². The Hall–Kier alpha value is 0.200. The molecule has 0 aromatic carbocycles. The van der Waals surface area contributed by atoms with Crippen molar-refractivity contribution in [1.29, 1.82) is 0 Å². The summed E-state index contributed by atoms with van der Waals surface area (Å²) in [5.74, 6) is -0.164. The van der Waals surface area contributed by atoms with E-state index in [1.807, 2.05) is 0 Å². The number of ether oxygens (including phenoxy) is 1. The second kappa shape index (κ2) is 6.88. The maximum absolute atomic E-state index is 10.6. The molecule has 11 heavy (non-hydrogen) atoms. The topological polar surface area (TPSA) is 26.3 Å². The number of alkyl halides is 1.